The van der Waals surface area contributed by atoms with Gasteiger partial charge in [0.1, 0.15) is 0 Å². The number of nitrogens with zero attached hydrogens (tertiary/aromatic N) is 2. The first kappa shape index (κ1) is 22.5. The van der Waals surface area contributed by atoms with Gasteiger partial charge < -0.3 is 14.4 Å². The molecule has 2 saturated heterocycles. The van der Waals surface area contributed by atoms with Crippen LogP contribution < -0.4 is 0 Å². The summed E-state index contributed by atoms with van der Waals surface area (Å²) < 4.78 is 36.8. The molecule has 0 unspecified atom stereocenters. The number of hydrogen-bond donors (Lipinski definition) is 0. The molecular weight excluding hydrogens is 408 g/mol. The zero-order valence-corrected chi connectivity index (χ0v) is 18.0. The van der Waals surface area contributed by atoms with Gasteiger partial charge in [0.05, 0.1) is 18.1 Å². The fourth-order valence-electron chi connectivity index (χ4n) is 3.38. The smallest absolute Gasteiger partial charge is 0.331 e. The quantitative estimate of drug-likeness (QED) is 0.496. The van der Waals surface area contributed by atoms with Gasteiger partial charge in [-0.25, -0.2) is 13.2 Å². The first-order valence-electron chi connectivity index (χ1n) is 10.2. The van der Waals surface area contributed by atoms with Gasteiger partial charge in [-0.15, -0.1) is 0 Å². The summed E-state index contributed by atoms with van der Waals surface area (Å²) in [5.74, 6) is -0.171. The Morgan fingerprint density at radius 3 is 2.37 bits per heavy atom. The molecule has 0 spiro atoms. The lowest BCUT2D eigenvalue weighted by Gasteiger charge is -2.30. The Morgan fingerprint density at radius 2 is 1.73 bits per heavy atom. The van der Waals surface area contributed by atoms with E-state index in [0.717, 1.165) is 12.8 Å². The number of hydrogen-bond acceptors (Lipinski definition) is 6. The van der Waals surface area contributed by atoms with Gasteiger partial charge in [-0.05, 0) is 42.5 Å². The van der Waals surface area contributed by atoms with Crippen molar-refractivity contribution in [3.8, 4) is 0 Å². The molecule has 0 aromatic heterocycles. The van der Waals surface area contributed by atoms with Gasteiger partial charge in [0, 0.05) is 32.3 Å². The molecule has 2 fully saturated rings. The number of piperidine rings is 1. The van der Waals surface area contributed by atoms with Gasteiger partial charge >= 0.3 is 5.97 Å². The van der Waals surface area contributed by atoms with E-state index in [4.69, 9.17) is 9.47 Å². The second-order valence-corrected chi connectivity index (χ2v) is 9.53. The molecule has 0 N–H and O–H groups in total. The second-order valence-electron chi connectivity index (χ2n) is 7.59. The monoisotopic (exact) mass is 436 g/mol. The topological polar surface area (TPSA) is 93.2 Å². The maximum absolute atomic E-state index is 12.6. The molecule has 2 aliphatic rings. The van der Waals surface area contributed by atoms with Gasteiger partial charge in [0.25, 0.3) is 5.91 Å². The Labute approximate surface area is 177 Å². The number of rotatable bonds is 6. The Kier molecular flexibility index (Phi) is 7.63. The Hall–Kier alpha value is -2.23. The van der Waals surface area contributed by atoms with Crippen molar-refractivity contribution in [2.24, 2.45) is 5.92 Å². The molecular formula is C21H28N2O6S. The largest absolute Gasteiger partial charge is 0.452 e. The van der Waals surface area contributed by atoms with Crippen LogP contribution in [0.25, 0.3) is 6.08 Å². The van der Waals surface area contributed by atoms with Crippen molar-refractivity contribution in [3.05, 3.63) is 35.9 Å². The van der Waals surface area contributed by atoms with Crippen LogP contribution in [0.1, 0.15) is 25.3 Å². The number of benzene rings is 1. The van der Waals surface area contributed by atoms with Crippen LogP contribution in [0, 0.1) is 5.92 Å². The standard InChI is InChI=1S/C21H28N2O6S/c1-17-8-10-22(11-9-17)20(24)16-29-21(25)7-4-18-2-5-19(6-3-18)30(26,27)23-12-14-28-15-13-23/h2-7,17H,8-16H2,1H3/b7-4+. The van der Waals surface area contributed by atoms with Crippen molar-refractivity contribution >= 4 is 28.0 Å². The average molecular weight is 437 g/mol. The van der Waals surface area contributed by atoms with Crippen LogP contribution in [-0.4, -0.2) is 75.5 Å². The highest BCUT2D eigenvalue weighted by atomic mass is 32.2. The van der Waals surface area contributed by atoms with Crippen molar-refractivity contribution in [2.45, 2.75) is 24.7 Å². The van der Waals surface area contributed by atoms with E-state index < -0.39 is 16.0 Å². The van der Waals surface area contributed by atoms with Gasteiger partial charge in [-0.2, -0.15) is 4.31 Å². The lowest BCUT2D eigenvalue weighted by molar-refractivity contribution is -0.148. The fourth-order valence-corrected chi connectivity index (χ4v) is 4.79. The van der Waals surface area contributed by atoms with Gasteiger partial charge in [-0.3, -0.25) is 4.79 Å². The van der Waals surface area contributed by atoms with E-state index in [1.54, 1.807) is 17.0 Å². The molecule has 0 saturated carbocycles. The van der Waals surface area contributed by atoms with Crippen LogP contribution in [0.2, 0.25) is 0 Å². The summed E-state index contributed by atoms with van der Waals surface area (Å²) in [7, 11) is -3.55. The third-order valence-corrected chi connectivity index (χ3v) is 7.29. The molecule has 9 heteroatoms. The van der Waals surface area contributed by atoms with Crippen molar-refractivity contribution < 1.29 is 27.5 Å². The highest BCUT2D eigenvalue weighted by Gasteiger charge is 2.26. The highest BCUT2D eigenvalue weighted by Crippen LogP contribution is 2.18. The number of esters is 1. The molecule has 2 heterocycles. The summed E-state index contributed by atoms with van der Waals surface area (Å²) >= 11 is 0. The molecule has 1 aromatic rings. The summed E-state index contributed by atoms with van der Waals surface area (Å²) in [6.45, 7) is 4.75. The predicted octanol–water partition coefficient (Wildman–Crippen LogP) is 1.52. The number of carbonyl (C=O) groups is 2. The van der Waals surface area contributed by atoms with E-state index in [2.05, 4.69) is 6.92 Å². The van der Waals surface area contributed by atoms with E-state index in [1.807, 2.05) is 0 Å². The van der Waals surface area contributed by atoms with Crippen molar-refractivity contribution in [2.75, 3.05) is 46.0 Å². The summed E-state index contributed by atoms with van der Waals surface area (Å²) in [6, 6.07) is 6.27. The molecule has 1 aromatic carbocycles. The molecule has 2 aliphatic heterocycles. The molecule has 30 heavy (non-hydrogen) atoms. The lowest BCUT2D eigenvalue weighted by Crippen LogP contribution is -2.40. The number of likely N-dealkylation sites (tertiary alicyclic amines) is 1. The Bertz CT molecular complexity index is 867. The van der Waals surface area contributed by atoms with Crippen molar-refractivity contribution in [1.29, 1.82) is 0 Å². The van der Waals surface area contributed by atoms with Gasteiger partial charge in [-0.1, -0.05) is 19.1 Å². The van der Waals surface area contributed by atoms with Crippen molar-refractivity contribution in [1.82, 2.24) is 9.21 Å². The van der Waals surface area contributed by atoms with Crippen LogP contribution in [0.15, 0.2) is 35.2 Å². The second kappa shape index (κ2) is 10.2. The SMILES string of the molecule is CC1CCN(C(=O)COC(=O)/C=C/c2ccc(S(=O)(=O)N3CCOCC3)cc2)CC1. The minimum atomic E-state index is -3.55. The molecule has 0 bridgehead atoms. The maximum Gasteiger partial charge on any atom is 0.331 e. The summed E-state index contributed by atoms with van der Waals surface area (Å²) in [4.78, 5) is 25.9. The number of ether oxygens (including phenoxy) is 2. The summed E-state index contributed by atoms with van der Waals surface area (Å²) in [5.41, 5.74) is 0.657. The minimum absolute atomic E-state index is 0.179. The third-order valence-electron chi connectivity index (χ3n) is 5.37. The lowest BCUT2D eigenvalue weighted by atomic mass is 9.99. The summed E-state index contributed by atoms with van der Waals surface area (Å²) in [6.07, 6.45) is 4.70. The predicted molar refractivity (Wildman–Crippen MR) is 111 cm³/mol. The molecule has 164 valence electrons. The normalized spacial score (nSPS) is 19.2. The minimum Gasteiger partial charge on any atom is -0.452 e. The van der Waals surface area contributed by atoms with Crippen LogP contribution >= 0.6 is 0 Å². The van der Waals surface area contributed by atoms with Crippen LogP contribution in [0.3, 0.4) is 0 Å². The van der Waals surface area contributed by atoms with Crippen molar-refractivity contribution in [3.63, 3.8) is 0 Å². The third kappa shape index (κ3) is 5.90. The average Bonchev–Trinajstić information content (AvgIpc) is 2.77. The maximum atomic E-state index is 12.6. The van der Waals surface area contributed by atoms with E-state index in [-0.39, 0.29) is 17.4 Å². The molecule has 1 amide bonds. The van der Waals surface area contributed by atoms with Gasteiger partial charge in [0.2, 0.25) is 10.0 Å². The molecule has 0 atom stereocenters. The fraction of sp³-hybridized carbons (Fsp3) is 0.524. The molecule has 0 radical (unpaired) electrons. The van der Waals surface area contributed by atoms with E-state index in [9.17, 15) is 18.0 Å². The van der Waals surface area contributed by atoms with E-state index in [0.29, 0.717) is 50.9 Å². The van der Waals surface area contributed by atoms with Crippen LogP contribution in [0.4, 0.5) is 0 Å². The first-order chi connectivity index (χ1) is 14.4. The molecule has 8 nitrogen and oxygen atoms in total. The molecule has 0 aliphatic carbocycles. The zero-order chi connectivity index (χ0) is 21.6. The Balaban J connectivity index is 1.49. The molecule has 3 rings (SSSR count). The first-order valence-corrected chi connectivity index (χ1v) is 11.6. The van der Waals surface area contributed by atoms with E-state index >= 15 is 0 Å². The number of amides is 1. The van der Waals surface area contributed by atoms with Gasteiger partial charge in [0.15, 0.2) is 6.61 Å². The zero-order valence-electron chi connectivity index (χ0n) is 17.2. The number of sulfonamides is 1. The van der Waals surface area contributed by atoms with Crippen LogP contribution in [0.5, 0.6) is 0 Å². The van der Waals surface area contributed by atoms with Crippen LogP contribution in [-0.2, 0) is 29.1 Å². The highest BCUT2D eigenvalue weighted by molar-refractivity contribution is 7.89. The van der Waals surface area contributed by atoms with E-state index in [1.165, 1.54) is 28.6 Å². The Morgan fingerprint density at radius 1 is 1.10 bits per heavy atom. The number of morpholine rings is 1. The summed E-state index contributed by atoms with van der Waals surface area (Å²) in [5, 5.41) is 0. The number of carbonyl (C=O) groups excluding carboxylic acids is 2.